The van der Waals surface area contributed by atoms with Crippen LogP contribution in [0.4, 0.5) is 5.82 Å². The van der Waals surface area contributed by atoms with E-state index >= 15 is 0 Å². The van der Waals surface area contributed by atoms with Crippen LogP contribution in [-0.4, -0.2) is 42.4 Å². The third-order valence-electron chi connectivity index (χ3n) is 3.38. The zero-order chi connectivity index (χ0) is 13.3. The Kier molecular flexibility index (Phi) is 3.58. The van der Waals surface area contributed by atoms with Gasteiger partial charge in [-0.25, -0.2) is 9.97 Å². The van der Waals surface area contributed by atoms with E-state index in [1.54, 1.807) is 18.4 Å². The fourth-order valence-electron chi connectivity index (χ4n) is 2.17. The number of halogens is 1. The maximum Gasteiger partial charge on any atom is 0.225 e. The summed E-state index contributed by atoms with van der Waals surface area (Å²) in [5.41, 5.74) is -0.278. The van der Waals surface area contributed by atoms with Gasteiger partial charge in [0.25, 0.3) is 0 Å². The second-order valence-corrected chi connectivity index (χ2v) is 5.76. The van der Waals surface area contributed by atoms with Crippen LogP contribution in [0.25, 0.3) is 10.2 Å². The molecule has 1 saturated heterocycles. The van der Waals surface area contributed by atoms with Crippen molar-refractivity contribution in [1.82, 2.24) is 9.97 Å². The number of nitrogens with zero attached hydrogens (tertiary/aromatic N) is 2. The van der Waals surface area contributed by atoms with Crippen LogP contribution in [-0.2, 0) is 9.47 Å². The van der Waals surface area contributed by atoms with E-state index in [0.717, 1.165) is 29.1 Å². The molecular weight excluding hydrogens is 286 g/mol. The molecule has 0 saturated carbocycles. The van der Waals surface area contributed by atoms with Crippen LogP contribution >= 0.6 is 22.9 Å². The molecule has 1 unspecified atom stereocenters. The number of anilines is 1. The van der Waals surface area contributed by atoms with Crippen molar-refractivity contribution in [2.24, 2.45) is 0 Å². The Hall–Kier alpha value is -0.950. The third-order valence-corrected chi connectivity index (χ3v) is 4.35. The van der Waals surface area contributed by atoms with Gasteiger partial charge in [-0.1, -0.05) is 0 Å². The fraction of sp³-hybridized carbons (Fsp3) is 0.500. The molecular formula is C12H14ClN3O2S. The average Bonchev–Trinajstić information content (AvgIpc) is 3.05. The topological polar surface area (TPSA) is 56.3 Å². The first kappa shape index (κ1) is 13.1. The molecule has 7 heteroatoms. The molecule has 0 radical (unpaired) electrons. The maximum atomic E-state index is 5.93. The Bertz CT molecular complexity index is 583. The van der Waals surface area contributed by atoms with Crippen LogP contribution in [0.3, 0.4) is 0 Å². The van der Waals surface area contributed by atoms with Crippen molar-refractivity contribution in [2.45, 2.75) is 12.0 Å². The molecule has 102 valence electrons. The van der Waals surface area contributed by atoms with Gasteiger partial charge in [-0.05, 0) is 23.0 Å². The molecule has 0 amide bonds. The fourth-order valence-corrected chi connectivity index (χ4v) is 3.15. The largest absolute Gasteiger partial charge is 0.378 e. The van der Waals surface area contributed by atoms with Crippen LogP contribution in [0.5, 0.6) is 0 Å². The first-order chi connectivity index (χ1) is 9.22. The van der Waals surface area contributed by atoms with Crippen LogP contribution in [0.15, 0.2) is 11.4 Å². The maximum absolute atomic E-state index is 5.93. The minimum atomic E-state index is -0.278. The summed E-state index contributed by atoms with van der Waals surface area (Å²) in [6, 6.07) is 1.99. The normalized spacial score (nSPS) is 23.1. The standard InChI is InChI=1S/C12H14ClN3O2S/c1-17-12(3-4-18-7-12)6-14-9-8-2-5-19-10(8)16-11(13)15-9/h2,5H,3-4,6-7H2,1H3,(H,14,15,16). The quantitative estimate of drug-likeness (QED) is 0.879. The van der Waals surface area contributed by atoms with Crippen molar-refractivity contribution in [3.05, 3.63) is 16.7 Å². The average molecular weight is 300 g/mol. The van der Waals surface area contributed by atoms with Crippen molar-refractivity contribution in [1.29, 1.82) is 0 Å². The highest BCUT2D eigenvalue weighted by Crippen LogP contribution is 2.28. The SMILES string of the molecule is COC1(CNc2nc(Cl)nc3sccc23)CCOC1. The molecule has 1 fully saturated rings. The summed E-state index contributed by atoms with van der Waals surface area (Å²) < 4.78 is 11.0. The highest BCUT2D eigenvalue weighted by atomic mass is 35.5. The highest BCUT2D eigenvalue weighted by Gasteiger charge is 2.35. The van der Waals surface area contributed by atoms with Gasteiger partial charge in [0.05, 0.1) is 12.0 Å². The van der Waals surface area contributed by atoms with Crippen molar-refractivity contribution in [3.63, 3.8) is 0 Å². The number of fused-ring (bicyclic) bond motifs is 1. The van der Waals surface area contributed by atoms with Crippen molar-refractivity contribution < 1.29 is 9.47 Å². The summed E-state index contributed by atoms with van der Waals surface area (Å²) >= 11 is 7.48. The van der Waals surface area contributed by atoms with Crippen LogP contribution in [0.2, 0.25) is 5.28 Å². The Morgan fingerprint density at radius 3 is 3.21 bits per heavy atom. The smallest absolute Gasteiger partial charge is 0.225 e. The Labute approximate surface area is 119 Å². The van der Waals surface area contributed by atoms with Crippen molar-refractivity contribution in [3.8, 4) is 0 Å². The second-order valence-electron chi connectivity index (χ2n) is 4.52. The summed E-state index contributed by atoms with van der Waals surface area (Å²) in [6.45, 7) is 1.97. The van der Waals surface area contributed by atoms with E-state index in [1.807, 2.05) is 11.4 Å². The summed E-state index contributed by atoms with van der Waals surface area (Å²) in [6.07, 6.45) is 0.877. The number of nitrogens with one attached hydrogen (secondary N) is 1. The van der Waals surface area contributed by atoms with E-state index < -0.39 is 0 Å². The number of aromatic nitrogens is 2. The molecule has 1 N–H and O–H groups in total. The van der Waals surface area contributed by atoms with Gasteiger partial charge in [-0.15, -0.1) is 11.3 Å². The molecule has 5 nitrogen and oxygen atoms in total. The minimum absolute atomic E-state index is 0.256. The number of methoxy groups -OCH3 is 1. The number of ether oxygens (including phenoxy) is 2. The van der Waals surface area contributed by atoms with E-state index in [9.17, 15) is 0 Å². The molecule has 1 atom stereocenters. The van der Waals surface area contributed by atoms with Gasteiger partial charge < -0.3 is 14.8 Å². The number of thiophene rings is 1. The van der Waals surface area contributed by atoms with Crippen LogP contribution in [0, 0.1) is 0 Å². The lowest BCUT2D eigenvalue weighted by Crippen LogP contribution is -2.39. The predicted molar refractivity (Wildman–Crippen MR) is 76.1 cm³/mol. The molecule has 0 aromatic carbocycles. The van der Waals surface area contributed by atoms with Crippen LogP contribution < -0.4 is 5.32 Å². The monoisotopic (exact) mass is 299 g/mol. The predicted octanol–water partition coefficient (Wildman–Crippen LogP) is 2.56. The number of hydrogen-bond donors (Lipinski definition) is 1. The lowest BCUT2D eigenvalue weighted by atomic mass is 10.0. The van der Waals surface area contributed by atoms with E-state index in [1.165, 1.54) is 0 Å². The van der Waals surface area contributed by atoms with Gasteiger partial charge in [-0.2, -0.15) is 0 Å². The molecule has 2 aromatic rings. The third kappa shape index (κ3) is 2.53. The van der Waals surface area contributed by atoms with E-state index in [4.69, 9.17) is 21.1 Å². The molecule has 3 heterocycles. The van der Waals surface area contributed by atoms with Gasteiger partial charge in [-0.3, -0.25) is 0 Å². The molecule has 0 aliphatic carbocycles. The summed E-state index contributed by atoms with van der Waals surface area (Å²) in [4.78, 5) is 9.33. The van der Waals surface area contributed by atoms with E-state index in [-0.39, 0.29) is 10.9 Å². The molecule has 1 aliphatic rings. The van der Waals surface area contributed by atoms with E-state index in [0.29, 0.717) is 13.2 Å². The first-order valence-electron chi connectivity index (χ1n) is 6.00. The molecule has 2 aromatic heterocycles. The van der Waals surface area contributed by atoms with Gasteiger partial charge in [0, 0.05) is 26.7 Å². The first-order valence-corrected chi connectivity index (χ1v) is 7.26. The minimum Gasteiger partial charge on any atom is -0.378 e. The van der Waals surface area contributed by atoms with Gasteiger partial charge in [0.15, 0.2) is 0 Å². The summed E-state index contributed by atoms with van der Waals surface area (Å²) in [7, 11) is 1.71. The van der Waals surface area contributed by atoms with Gasteiger partial charge in [0.2, 0.25) is 5.28 Å². The Morgan fingerprint density at radius 1 is 1.58 bits per heavy atom. The van der Waals surface area contributed by atoms with Gasteiger partial charge >= 0.3 is 0 Å². The zero-order valence-electron chi connectivity index (χ0n) is 10.5. The van der Waals surface area contributed by atoms with Crippen molar-refractivity contribution >= 4 is 39.0 Å². The summed E-state index contributed by atoms with van der Waals surface area (Å²) in [5.74, 6) is 0.750. The lowest BCUT2D eigenvalue weighted by Gasteiger charge is -2.26. The lowest BCUT2D eigenvalue weighted by molar-refractivity contribution is -0.00623. The van der Waals surface area contributed by atoms with Crippen LogP contribution in [0.1, 0.15) is 6.42 Å². The Balaban J connectivity index is 1.83. The molecule has 0 spiro atoms. The Morgan fingerprint density at radius 2 is 2.47 bits per heavy atom. The molecule has 3 rings (SSSR count). The second kappa shape index (κ2) is 5.20. The van der Waals surface area contributed by atoms with Gasteiger partial charge in [0.1, 0.15) is 16.2 Å². The molecule has 1 aliphatic heterocycles. The highest BCUT2D eigenvalue weighted by molar-refractivity contribution is 7.16. The number of rotatable bonds is 4. The summed E-state index contributed by atoms with van der Waals surface area (Å²) in [5, 5.41) is 6.53. The zero-order valence-corrected chi connectivity index (χ0v) is 12.1. The van der Waals surface area contributed by atoms with E-state index in [2.05, 4.69) is 15.3 Å². The van der Waals surface area contributed by atoms with Crippen molar-refractivity contribution in [2.75, 3.05) is 32.2 Å². The molecule has 0 bridgehead atoms. The number of hydrogen-bond acceptors (Lipinski definition) is 6. The molecule has 19 heavy (non-hydrogen) atoms.